The zero-order chi connectivity index (χ0) is 28.9. The fourth-order valence-electron chi connectivity index (χ4n) is 4.16. The van der Waals surface area contributed by atoms with E-state index in [-0.39, 0.29) is 35.7 Å². The Bertz CT molecular complexity index is 1160. The van der Waals surface area contributed by atoms with E-state index >= 15 is 0 Å². The van der Waals surface area contributed by atoms with E-state index in [2.05, 4.69) is 10.6 Å². The van der Waals surface area contributed by atoms with Gasteiger partial charge in [0.25, 0.3) is 5.91 Å². The van der Waals surface area contributed by atoms with Crippen molar-refractivity contribution in [3.63, 3.8) is 0 Å². The third-order valence-electron chi connectivity index (χ3n) is 6.24. The molecule has 0 fully saturated rings. The number of methoxy groups -OCH3 is 2. The van der Waals surface area contributed by atoms with Gasteiger partial charge in [-0.1, -0.05) is 39.2 Å². The molecule has 3 amide bonds. The zero-order valence-corrected chi connectivity index (χ0v) is 22.5. The molecule has 0 spiro atoms. The number of hydrogen-bond acceptors (Lipinski definition) is 9. The summed E-state index contributed by atoms with van der Waals surface area (Å²) in [7, 11) is 2.38. The molecule has 1 aromatic carbocycles. The number of esters is 2. The molecule has 12 heteroatoms. The van der Waals surface area contributed by atoms with Crippen molar-refractivity contribution in [2.45, 2.75) is 52.0 Å². The fourth-order valence-corrected chi connectivity index (χ4v) is 4.16. The SMILES string of the molecule is CCCCCC(C(=O)NCNC(=O)c1ccc(-c2ccc(C(=O)OC)c(C(=O)OC)c2)o1)[C@@H](CC)N(O)C=O. The molecule has 1 unspecified atom stereocenters. The Hall–Kier alpha value is -4.19. The van der Waals surface area contributed by atoms with Crippen LogP contribution in [0.2, 0.25) is 0 Å². The van der Waals surface area contributed by atoms with Crippen LogP contribution < -0.4 is 10.6 Å². The summed E-state index contributed by atoms with van der Waals surface area (Å²) in [5.41, 5.74) is 0.408. The van der Waals surface area contributed by atoms with E-state index in [1.807, 2.05) is 6.92 Å². The maximum Gasteiger partial charge on any atom is 0.338 e. The van der Waals surface area contributed by atoms with Gasteiger partial charge in [-0.3, -0.25) is 19.6 Å². The molecule has 12 nitrogen and oxygen atoms in total. The minimum absolute atomic E-state index is 0.0177. The molecule has 0 aliphatic carbocycles. The fraction of sp³-hybridized carbons (Fsp3) is 0.444. The highest BCUT2D eigenvalue weighted by Gasteiger charge is 2.30. The number of benzene rings is 1. The third kappa shape index (κ3) is 8.14. The second-order valence-corrected chi connectivity index (χ2v) is 8.69. The standard InChI is InChI=1S/C27H35N3O9/c1-5-7-8-9-19(21(6-2)30(36)16-31)24(32)28-15-29-25(33)23-13-12-22(39-23)17-10-11-18(26(34)37-3)20(14-17)27(35)38-4/h10-14,16,19,21,36H,5-9,15H2,1-4H3,(H,28,32)(H,29,33)/t19?,21-/m1/s1. The van der Waals surface area contributed by atoms with Crippen LogP contribution in [0.25, 0.3) is 11.3 Å². The highest BCUT2D eigenvalue weighted by atomic mass is 16.5. The first kappa shape index (κ1) is 31.0. The molecule has 0 saturated carbocycles. The van der Waals surface area contributed by atoms with Crippen molar-refractivity contribution in [3.05, 3.63) is 47.2 Å². The van der Waals surface area contributed by atoms with Gasteiger partial charge in [0.2, 0.25) is 12.3 Å². The minimum atomic E-state index is -0.742. The van der Waals surface area contributed by atoms with E-state index in [4.69, 9.17) is 13.9 Å². The molecular formula is C27H35N3O9. The number of amides is 3. The Kier molecular flexibility index (Phi) is 12.2. The second-order valence-electron chi connectivity index (χ2n) is 8.69. The number of nitrogens with zero attached hydrogens (tertiary/aromatic N) is 1. The van der Waals surface area contributed by atoms with Gasteiger partial charge in [-0.25, -0.2) is 14.7 Å². The Morgan fingerprint density at radius 2 is 1.69 bits per heavy atom. The third-order valence-corrected chi connectivity index (χ3v) is 6.24. The van der Waals surface area contributed by atoms with Crippen LogP contribution in [0.3, 0.4) is 0 Å². The van der Waals surface area contributed by atoms with Gasteiger partial charge < -0.3 is 24.5 Å². The van der Waals surface area contributed by atoms with Gasteiger partial charge in [-0.05, 0) is 37.1 Å². The van der Waals surface area contributed by atoms with Crippen LogP contribution in [0, 0.1) is 5.92 Å². The normalized spacial score (nSPS) is 12.1. The topological polar surface area (TPSA) is 164 Å². The average Bonchev–Trinajstić information content (AvgIpc) is 3.46. The van der Waals surface area contributed by atoms with E-state index in [1.54, 1.807) is 6.92 Å². The van der Waals surface area contributed by atoms with Gasteiger partial charge in [-0.15, -0.1) is 0 Å². The molecular weight excluding hydrogens is 510 g/mol. The first-order valence-electron chi connectivity index (χ1n) is 12.6. The van der Waals surface area contributed by atoms with E-state index in [0.29, 0.717) is 23.5 Å². The Morgan fingerprint density at radius 1 is 1.00 bits per heavy atom. The van der Waals surface area contributed by atoms with Crippen molar-refractivity contribution in [2.75, 3.05) is 20.9 Å². The first-order valence-corrected chi connectivity index (χ1v) is 12.6. The smallest absolute Gasteiger partial charge is 0.338 e. The van der Waals surface area contributed by atoms with Crippen LogP contribution in [0.1, 0.15) is 77.2 Å². The Morgan fingerprint density at radius 3 is 2.31 bits per heavy atom. The number of carbonyl (C=O) groups is 5. The summed E-state index contributed by atoms with van der Waals surface area (Å²) in [4.78, 5) is 60.7. The number of ether oxygens (including phenoxy) is 2. The van der Waals surface area contributed by atoms with Crippen LogP contribution in [-0.4, -0.2) is 67.4 Å². The second kappa shape index (κ2) is 15.3. The van der Waals surface area contributed by atoms with Gasteiger partial charge in [0.1, 0.15) is 5.76 Å². The summed E-state index contributed by atoms with van der Waals surface area (Å²) in [6.07, 6.45) is 3.72. The number of rotatable bonds is 15. The summed E-state index contributed by atoms with van der Waals surface area (Å²) in [5.74, 6) is -2.91. The molecule has 0 saturated heterocycles. The number of furan rings is 1. The van der Waals surface area contributed by atoms with E-state index in [1.165, 1.54) is 44.6 Å². The lowest BCUT2D eigenvalue weighted by molar-refractivity contribution is -0.168. The van der Waals surface area contributed by atoms with Gasteiger partial charge >= 0.3 is 11.9 Å². The van der Waals surface area contributed by atoms with Crippen molar-refractivity contribution in [1.29, 1.82) is 0 Å². The molecule has 212 valence electrons. The van der Waals surface area contributed by atoms with E-state index < -0.39 is 35.7 Å². The summed E-state index contributed by atoms with van der Waals surface area (Å²) in [6, 6.07) is 6.57. The predicted octanol–water partition coefficient (Wildman–Crippen LogP) is 3.15. The monoisotopic (exact) mass is 545 g/mol. The Balaban J connectivity index is 2.09. The van der Waals surface area contributed by atoms with Crippen molar-refractivity contribution in [2.24, 2.45) is 5.92 Å². The number of nitrogens with one attached hydrogen (secondary N) is 2. The Labute approximate surface area is 226 Å². The summed E-state index contributed by atoms with van der Waals surface area (Å²) >= 11 is 0. The van der Waals surface area contributed by atoms with Crippen LogP contribution in [-0.2, 0) is 19.1 Å². The van der Waals surface area contributed by atoms with Gasteiger partial charge in [0.05, 0.1) is 44.0 Å². The molecule has 1 heterocycles. The maximum absolute atomic E-state index is 12.9. The molecule has 2 rings (SSSR count). The zero-order valence-electron chi connectivity index (χ0n) is 22.5. The van der Waals surface area contributed by atoms with E-state index in [0.717, 1.165) is 19.3 Å². The highest BCUT2D eigenvalue weighted by molar-refractivity contribution is 6.04. The van der Waals surface area contributed by atoms with Gasteiger partial charge in [-0.2, -0.15) is 0 Å². The van der Waals surface area contributed by atoms with Crippen molar-refractivity contribution in [1.82, 2.24) is 15.7 Å². The molecule has 2 aromatic rings. The largest absolute Gasteiger partial charge is 0.465 e. The lowest BCUT2D eigenvalue weighted by Crippen LogP contribution is -2.47. The van der Waals surface area contributed by atoms with Crippen molar-refractivity contribution < 1.29 is 43.1 Å². The molecule has 1 aromatic heterocycles. The molecule has 0 radical (unpaired) electrons. The molecule has 0 aliphatic rings. The van der Waals surface area contributed by atoms with Crippen LogP contribution in [0.4, 0.5) is 0 Å². The summed E-state index contributed by atoms with van der Waals surface area (Å²) in [5, 5.41) is 15.6. The lowest BCUT2D eigenvalue weighted by Gasteiger charge is -2.29. The number of hydrogen-bond donors (Lipinski definition) is 3. The first-order chi connectivity index (χ1) is 18.7. The lowest BCUT2D eigenvalue weighted by atomic mass is 9.90. The van der Waals surface area contributed by atoms with Crippen molar-refractivity contribution >= 4 is 30.2 Å². The summed E-state index contributed by atoms with van der Waals surface area (Å²) < 4.78 is 15.1. The van der Waals surface area contributed by atoms with Crippen LogP contribution in [0.5, 0.6) is 0 Å². The minimum Gasteiger partial charge on any atom is -0.465 e. The average molecular weight is 546 g/mol. The summed E-state index contributed by atoms with van der Waals surface area (Å²) in [6.45, 7) is 3.59. The maximum atomic E-state index is 12.9. The molecule has 39 heavy (non-hydrogen) atoms. The van der Waals surface area contributed by atoms with Gasteiger partial charge in [0, 0.05) is 5.56 Å². The van der Waals surface area contributed by atoms with Gasteiger partial charge in [0.15, 0.2) is 5.76 Å². The molecule has 2 atom stereocenters. The predicted molar refractivity (Wildman–Crippen MR) is 139 cm³/mol. The quantitative estimate of drug-likeness (QED) is 0.0761. The number of carbonyl (C=O) groups excluding carboxylic acids is 5. The number of unbranched alkanes of at least 4 members (excludes halogenated alkanes) is 2. The van der Waals surface area contributed by atoms with Crippen molar-refractivity contribution in [3.8, 4) is 11.3 Å². The van der Waals surface area contributed by atoms with Crippen LogP contribution in [0.15, 0.2) is 34.7 Å². The number of hydroxylamine groups is 2. The highest BCUT2D eigenvalue weighted by Crippen LogP contribution is 2.26. The molecule has 0 bridgehead atoms. The molecule has 3 N–H and O–H groups in total. The van der Waals surface area contributed by atoms with E-state index in [9.17, 15) is 29.2 Å². The van der Waals surface area contributed by atoms with Crippen LogP contribution >= 0.6 is 0 Å². The molecule has 0 aliphatic heterocycles.